The van der Waals surface area contributed by atoms with Gasteiger partial charge in [0, 0.05) is 23.4 Å². The van der Waals surface area contributed by atoms with Crippen LogP contribution >= 0.6 is 0 Å². The van der Waals surface area contributed by atoms with Crippen LogP contribution in [-0.4, -0.2) is 43.9 Å². The van der Waals surface area contributed by atoms with Crippen LogP contribution in [0.25, 0.3) is 0 Å². The second kappa shape index (κ2) is 9.35. The van der Waals surface area contributed by atoms with E-state index in [2.05, 4.69) is 15.5 Å². The standard InChI is InChI=1S/C20H22N4O2/c1-24(2)13-3-12-22-19(25)16-6-8-17(9-7-16)20(26)23-18-10-4-15(14-21)5-11-18/h4-11H,3,12-13H2,1-2H3,(H,22,25)(H,23,26). The van der Waals surface area contributed by atoms with Crippen LogP contribution in [0.4, 0.5) is 5.69 Å². The van der Waals surface area contributed by atoms with Gasteiger partial charge in [-0.1, -0.05) is 0 Å². The van der Waals surface area contributed by atoms with Gasteiger partial charge in [0.15, 0.2) is 0 Å². The lowest BCUT2D eigenvalue weighted by atomic mass is 10.1. The number of nitrogens with one attached hydrogen (secondary N) is 2. The van der Waals surface area contributed by atoms with E-state index < -0.39 is 0 Å². The molecule has 0 spiro atoms. The van der Waals surface area contributed by atoms with Crippen LogP contribution in [0.15, 0.2) is 48.5 Å². The Balaban J connectivity index is 1.90. The van der Waals surface area contributed by atoms with Crippen molar-refractivity contribution in [1.82, 2.24) is 10.2 Å². The largest absolute Gasteiger partial charge is 0.352 e. The van der Waals surface area contributed by atoms with Gasteiger partial charge in [0.25, 0.3) is 11.8 Å². The van der Waals surface area contributed by atoms with Crippen molar-refractivity contribution in [2.45, 2.75) is 6.42 Å². The molecule has 6 nitrogen and oxygen atoms in total. The Labute approximate surface area is 153 Å². The van der Waals surface area contributed by atoms with Gasteiger partial charge in [0.1, 0.15) is 0 Å². The van der Waals surface area contributed by atoms with Gasteiger partial charge in [-0.2, -0.15) is 5.26 Å². The molecule has 6 heteroatoms. The van der Waals surface area contributed by atoms with Crippen molar-refractivity contribution < 1.29 is 9.59 Å². The van der Waals surface area contributed by atoms with E-state index in [1.54, 1.807) is 48.5 Å². The number of hydrogen-bond acceptors (Lipinski definition) is 4. The van der Waals surface area contributed by atoms with Gasteiger partial charge in [-0.05, 0) is 75.6 Å². The van der Waals surface area contributed by atoms with E-state index in [4.69, 9.17) is 5.26 Å². The molecule has 0 saturated carbocycles. The summed E-state index contributed by atoms with van der Waals surface area (Å²) in [5.41, 5.74) is 2.11. The Morgan fingerprint density at radius 3 is 2.08 bits per heavy atom. The van der Waals surface area contributed by atoms with E-state index in [9.17, 15) is 9.59 Å². The summed E-state index contributed by atoms with van der Waals surface area (Å²) >= 11 is 0. The van der Waals surface area contributed by atoms with Crippen LogP contribution in [0.1, 0.15) is 32.7 Å². The summed E-state index contributed by atoms with van der Waals surface area (Å²) in [6.07, 6.45) is 0.879. The average molecular weight is 350 g/mol. The SMILES string of the molecule is CN(C)CCCNC(=O)c1ccc(C(=O)Nc2ccc(C#N)cc2)cc1. The molecule has 2 rings (SSSR count). The summed E-state index contributed by atoms with van der Waals surface area (Å²) in [6.45, 7) is 1.52. The van der Waals surface area contributed by atoms with E-state index in [0.717, 1.165) is 13.0 Å². The van der Waals surface area contributed by atoms with E-state index in [1.807, 2.05) is 20.2 Å². The van der Waals surface area contributed by atoms with E-state index in [-0.39, 0.29) is 11.8 Å². The Hall–Kier alpha value is -3.17. The van der Waals surface area contributed by atoms with Gasteiger partial charge in [0.05, 0.1) is 11.6 Å². The number of rotatable bonds is 7. The third-order valence-electron chi connectivity index (χ3n) is 3.75. The fourth-order valence-corrected chi connectivity index (χ4v) is 2.30. The van der Waals surface area contributed by atoms with Crippen LogP contribution in [0, 0.1) is 11.3 Å². The number of hydrogen-bond donors (Lipinski definition) is 2. The van der Waals surface area contributed by atoms with Crippen molar-refractivity contribution in [3.05, 3.63) is 65.2 Å². The zero-order chi connectivity index (χ0) is 18.9. The van der Waals surface area contributed by atoms with Gasteiger partial charge in [-0.25, -0.2) is 0 Å². The zero-order valence-corrected chi connectivity index (χ0v) is 15.0. The molecule has 0 radical (unpaired) electrons. The van der Waals surface area contributed by atoms with Crippen LogP contribution in [0.5, 0.6) is 0 Å². The lowest BCUT2D eigenvalue weighted by Crippen LogP contribution is -2.27. The smallest absolute Gasteiger partial charge is 0.255 e. The Bertz CT molecular complexity index is 790. The third-order valence-corrected chi connectivity index (χ3v) is 3.75. The molecular weight excluding hydrogens is 328 g/mol. The second-order valence-corrected chi connectivity index (χ2v) is 6.13. The third kappa shape index (κ3) is 5.72. The number of anilines is 1. The molecule has 2 aromatic carbocycles. The van der Waals surface area contributed by atoms with Crippen LogP contribution < -0.4 is 10.6 Å². The molecule has 0 bridgehead atoms. The lowest BCUT2D eigenvalue weighted by molar-refractivity contribution is 0.0950. The number of amides is 2. The summed E-state index contributed by atoms with van der Waals surface area (Å²) in [5, 5.41) is 14.4. The van der Waals surface area contributed by atoms with Crippen molar-refractivity contribution in [3.8, 4) is 6.07 Å². The Morgan fingerprint density at radius 2 is 1.54 bits per heavy atom. The summed E-state index contributed by atoms with van der Waals surface area (Å²) in [6, 6.07) is 15.2. The lowest BCUT2D eigenvalue weighted by Gasteiger charge is -2.10. The minimum absolute atomic E-state index is 0.150. The average Bonchev–Trinajstić information content (AvgIpc) is 2.65. The zero-order valence-electron chi connectivity index (χ0n) is 15.0. The highest BCUT2D eigenvalue weighted by Crippen LogP contribution is 2.12. The highest BCUT2D eigenvalue weighted by molar-refractivity contribution is 6.05. The molecule has 2 aromatic rings. The maximum Gasteiger partial charge on any atom is 0.255 e. The number of nitrogens with zero attached hydrogens (tertiary/aromatic N) is 2. The minimum atomic E-state index is -0.271. The van der Waals surface area contributed by atoms with Crippen LogP contribution in [-0.2, 0) is 0 Å². The first-order chi connectivity index (χ1) is 12.5. The van der Waals surface area contributed by atoms with Gasteiger partial charge in [-0.3, -0.25) is 9.59 Å². The van der Waals surface area contributed by atoms with Crippen LogP contribution in [0.2, 0.25) is 0 Å². The quantitative estimate of drug-likeness (QED) is 0.751. The van der Waals surface area contributed by atoms with Crippen LogP contribution in [0.3, 0.4) is 0 Å². The predicted molar refractivity (Wildman–Crippen MR) is 101 cm³/mol. The van der Waals surface area contributed by atoms with Crippen molar-refractivity contribution in [2.24, 2.45) is 0 Å². The maximum atomic E-state index is 12.2. The second-order valence-electron chi connectivity index (χ2n) is 6.13. The summed E-state index contributed by atoms with van der Waals surface area (Å²) < 4.78 is 0. The van der Waals surface area contributed by atoms with Gasteiger partial charge in [0.2, 0.25) is 0 Å². The molecule has 0 fully saturated rings. The number of benzene rings is 2. The topological polar surface area (TPSA) is 85.2 Å². The summed E-state index contributed by atoms with van der Waals surface area (Å²) in [7, 11) is 3.98. The minimum Gasteiger partial charge on any atom is -0.352 e. The fourth-order valence-electron chi connectivity index (χ4n) is 2.30. The maximum absolute atomic E-state index is 12.2. The van der Waals surface area contributed by atoms with Gasteiger partial charge < -0.3 is 15.5 Å². The molecule has 0 aliphatic carbocycles. The molecule has 2 N–H and O–H groups in total. The normalized spacial score (nSPS) is 10.2. The highest BCUT2D eigenvalue weighted by atomic mass is 16.2. The van der Waals surface area contributed by atoms with Crippen molar-refractivity contribution in [3.63, 3.8) is 0 Å². The molecule has 0 aliphatic heterocycles. The molecule has 0 unspecified atom stereocenters. The first kappa shape index (κ1) is 19.2. The predicted octanol–water partition coefficient (Wildman–Crippen LogP) is 2.49. The Kier molecular flexibility index (Phi) is 6.89. The molecule has 134 valence electrons. The number of carbonyl (C=O) groups is 2. The Morgan fingerprint density at radius 1 is 0.962 bits per heavy atom. The number of nitriles is 1. The van der Waals surface area contributed by atoms with Gasteiger partial charge in [-0.15, -0.1) is 0 Å². The van der Waals surface area contributed by atoms with E-state index >= 15 is 0 Å². The van der Waals surface area contributed by atoms with Crippen molar-refractivity contribution in [1.29, 1.82) is 5.26 Å². The molecular formula is C20H22N4O2. The highest BCUT2D eigenvalue weighted by Gasteiger charge is 2.09. The molecule has 2 amide bonds. The van der Waals surface area contributed by atoms with Crippen molar-refractivity contribution >= 4 is 17.5 Å². The molecule has 0 aliphatic rings. The first-order valence-corrected chi connectivity index (χ1v) is 8.34. The van der Waals surface area contributed by atoms with E-state index in [0.29, 0.717) is 28.9 Å². The first-order valence-electron chi connectivity index (χ1n) is 8.34. The summed E-state index contributed by atoms with van der Waals surface area (Å²) in [5.74, 6) is -0.421. The summed E-state index contributed by atoms with van der Waals surface area (Å²) in [4.78, 5) is 26.4. The molecule has 0 saturated heterocycles. The van der Waals surface area contributed by atoms with E-state index in [1.165, 1.54) is 0 Å². The molecule has 0 aromatic heterocycles. The molecule has 0 heterocycles. The van der Waals surface area contributed by atoms with Crippen molar-refractivity contribution in [2.75, 3.05) is 32.5 Å². The number of carbonyl (C=O) groups excluding carboxylic acids is 2. The molecule has 26 heavy (non-hydrogen) atoms. The monoisotopic (exact) mass is 350 g/mol. The fraction of sp³-hybridized carbons (Fsp3) is 0.250. The molecule has 0 atom stereocenters. The van der Waals surface area contributed by atoms with Gasteiger partial charge >= 0.3 is 0 Å².